The van der Waals surface area contributed by atoms with Crippen molar-refractivity contribution in [2.75, 3.05) is 65.3 Å². The Balaban J connectivity index is 1.37. The number of hydrogen-bond acceptors (Lipinski definition) is 6. The Labute approximate surface area is 170 Å². The topological polar surface area (TPSA) is 66.0 Å². The van der Waals surface area contributed by atoms with E-state index >= 15 is 0 Å². The zero-order chi connectivity index (χ0) is 19.6. The number of morpholine rings is 1. The van der Waals surface area contributed by atoms with Crippen molar-refractivity contribution in [1.82, 2.24) is 19.7 Å². The van der Waals surface area contributed by atoms with Gasteiger partial charge in [-0.2, -0.15) is 0 Å². The molecule has 0 aromatic carbocycles. The molecular weight excluding hydrogens is 376 g/mol. The zero-order valence-corrected chi connectivity index (χ0v) is 17.2. The molecule has 3 aliphatic rings. The molecule has 0 radical (unpaired) electrons. The lowest BCUT2D eigenvalue weighted by Crippen LogP contribution is -2.43. The third-order valence-corrected chi connectivity index (χ3v) is 6.94. The number of pyridine rings is 1. The summed E-state index contributed by atoms with van der Waals surface area (Å²) in [7, 11) is 0. The van der Waals surface area contributed by atoms with Gasteiger partial charge in [0.1, 0.15) is 5.03 Å². The van der Waals surface area contributed by atoms with Crippen LogP contribution in [0.15, 0.2) is 23.4 Å². The van der Waals surface area contributed by atoms with E-state index in [1.165, 1.54) is 11.8 Å². The van der Waals surface area contributed by atoms with Gasteiger partial charge in [0.2, 0.25) is 5.91 Å². The van der Waals surface area contributed by atoms with Gasteiger partial charge in [0.15, 0.2) is 0 Å². The standard InChI is InChI=1S/C20H28N4O3S/c1-28-17-16(3-2-6-21-17)18(25)24-8-5-20(15-24)4-7-23(19(20)26)10-9-22-11-13-27-14-12-22/h2-3,6H,4-5,7-15H2,1H3. The number of amides is 2. The van der Waals surface area contributed by atoms with Crippen molar-refractivity contribution >= 4 is 23.6 Å². The van der Waals surface area contributed by atoms with E-state index in [1.54, 1.807) is 12.3 Å². The van der Waals surface area contributed by atoms with E-state index < -0.39 is 0 Å². The lowest BCUT2D eigenvalue weighted by atomic mass is 9.85. The number of hydrogen-bond donors (Lipinski definition) is 0. The molecule has 0 aliphatic carbocycles. The van der Waals surface area contributed by atoms with E-state index in [0.717, 1.165) is 63.8 Å². The molecule has 0 N–H and O–H groups in total. The highest BCUT2D eigenvalue weighted by Gasteiger charge is 2.51. The highest BCUT2D eigenvalue weighted by Crippen LogP contribution is 2.41. The normalized spacial score (nSPS) is 25.8. The molecule has 0 saturated carbocycles. The Morgan fingerprint density at radius 2 is 2.00 bits per heavy atom. The van der Waals surface area contributed by atoms with Gasteiger partial charge >= 0.3 is 0 Å². The van der Waals surface area contributed by atoms with Crippen LogP contribution in [0, 0.1) is 5.41 Å². The smallest absolute Gasteiger partial charge is 0.256 e. The maximum Gasteiger partial charge on any atom is 0.256 e. The summed E-state index contributed by atoms with van der Waals surface area (Å²) >= 11 is 1.48. The molecule has 3 fully saturated rings. The Kier molecular flexibility index (Phi) is 5.89. The summed E-state index contributed by atoms with van der Waals surface area (Å²) in [5.41, 5.74) is 0.254. The third kappa shape index (κ3) is 3.77. The number of carbonyl (C=O) groups excluding carboxylic acids is 2. The van der Waals surface area contributed by atoms with Crippen molar-refractivity contribution in [3.63, 3.8) is 0 Å². The van der Waals surface area contributed by atoms with Crippen molar-refractivity contribution in [3.8, 4) is 0 Å². The first-order valence-corrected chi connectivity index (χ1v) is 11.2. The van der Waals surface area contributed by atoms with Crippen LogP contribution in [-0.2, 0) is 9.53 Å². The second kappa shape index (κ2) is 8.39. The van der Waals surface area contributed by atoms with Crippen LogP contribution in [0.3, 0.4) is 0 Å². The molecule has 4 rings (SSSR count). The van der Waals surface area contributed by atoms with Crippen LogP contribution in [0.4, 0.5) is 0 Å². The largest absolute Gasteiger partial charge is 0.379 e. The maximum absolute atomic E-state index is 13.2. The molecular formula is C20H28N4O3S. The molecule has 3 aliphatic heterocycles. The molecule has 1 unspecified atom stereocenters. The second-order valence-electron chi connectivity index (χ2n) is 7.81. The Morgan fingerprint density at radius 3 is 2.79 bits per heavy atom. The van der Waals surface area contributed by atoms with Gasteiger partial charge in [-0.25, -0.2) is 4.98 Å². The summed E-state index contributed by atoms with van der Waals surface area (Å²) in [6.45, 7) is 7.09. The molecule has 1 aromatic heterocycles. The van der Waals surface area contributed by atoms with Gasteiger partial charge in [0.05, 0.1) is 24.2 Å². The fraction of sp³-hybridized carbons (Fsp3) is 0.650. The summed E-state index contributed by atoms with van der Waals surface area (Å²) in [5.74, 6) is 0.223. The van der Waals surface area contributed by atoms with Crippen LogP contribution in [0.1, 0.15) is 23.2 Å². The minimum Gasteiger partial charge on any atom is -0.379 e. The number of carbonyl (C=O) groups is 2. The van der Waals surface area contributed by atoms with Gasteiger partial charge in [-0.05, 0) is 31.2 Å². The number of rotatable bonds is 5. The van der Waals surface area contributed by atoms with Gasteiger partial charge in [0, 0.05) is 52.0 Å². The highest BCUT2D eigenvalue weighted by atomic mass is 32.2. The molecule has 1 atom stereocenters. The molecule has 4 heterocycles. The van der Waals surface area contributed by atoms with Gasteiger partial charge in [-0.1, -0.05) is 0 Å². The Morgan fingerprint density at radius 1 is 1.21 bits per heavy atom. The number of likely N-dealkylation sites (tertiary alicyclic amines) is 2. The fourth-order valence-corrected chi connectivity index (χ4v) is 5.05. The predicted octanol–water partition coefficient (Wildman–Crippen LogP) is 1.20. The lowest BCUT2D eigenvalue weighted by Gasteiger charge is -2.29. The first-order chi connectivity index (χ1) is 13.6. The van der Waals surface area contributed by atoms with Crippen LogP contribution in [0.25, 0.3) is 0 Å². The van der Waals surface area contributed by atoms with E-state index in [0.29, 0.717) is 18.7 Å². The number of ether oxygens (including phenoxy) is 1. The lowest BCUT2D eigenvalue weighted by molar-refractivity contribution is -0.135. The quantitative estimate of drug-likeness (QED) is 0.687. The van der Waals surface area contributed by atoms with Crippen LogP contribution < -0.4 is 0 Å². The van der Waals surface area contributed by atoms with Gasteiger partial charge in [-0.15, -0.1) is 11.8 Å². The van der Waals surface area contributed by atoms with Crippen LogP contribution in [0.5, 0.6) is 0 Å². The van der Waals surface area contributed by atoms with E-state index in [1.807, 2.05) is 22.1 Å². The van der Waals surface area contributed by atoms with Crippen LogP contribution in [0.2, 0.25) is 0 Å². The van der Waals surface area contributed by atoms with Crippen molar-refractivity contribution in [3.05, 3.63) is 23.9 Å². The summed E-state index contributed by atoms with van der Waals surface area (Å²) in [4.78, 5) is 36.7. The minimum atomic E-state index is -0.387. The van der Waals surface area contributed by atoms with Gasteiger partial charge in [-0.3, -0.25) is 14.5 Å². The Bertz CT molecular complexity index is 740. The van der Waals surface area contributed by atoms with Crippen LogP contribution in [-0.4, -0.2) is 96.8 Å². The second-order valence-corrected chi connectivity index (χ2v) is 8.61. The SMILES string of the molecule is CSc1ncccc1C(=O)N1CCC2(CCN(CCN3CCOCC3)C2=O)C1. The molecule has 1 aromatic rings. The van der Waals surface area contributed by atoms with Crippen molar-refractivity contribution < 1.29 is 14.3 Å². The molecule has 8 heteroatoms. The molecule has 2 amide bonds. The van der Waals surface area contributed by atoms with E-state index in [2.05, 4.69) is 9.88 Å². The summed E-state index contributed by atoms with van der Waals surface area (Å²) in [6, 6.07) is 3.63. The van der Waals surface area contributed by atoms with Gasteiger partial charge < -0.3 is 14.5 Å². The van der Waals surface area contributed by atoms with Gasteiger partial charge in [0.25, 0.3) is 5.91 Å². The number of aromatic nitrogens is 1. The minimum absolute atomic E-state index is 0.00566. The van der Waals surface area contributed by atoms with E-state index in [4.69, 9.17) is 4.74 Å². The molecule has 1 spiro atoms. The third-order valence-electron chi connectivity index (χ3n) is 6.23. The number of thioether (sulfide) groups is 1. The summed E-state index contributed by atoms with van der Waals surface area (Å²) in [6.07, 6.45) is 5.25. The van der Waals surface area contributed by atoms with E-state index in [-0.39, 0.29) is 17.2 Å². The predicted molar refractivity (Wildman–Crippen MR) is 107 cm³/mol. The summed E-state index contributed by atoms with van der Waals surface area (Å²) < 4.78 is 5.39. The fourth-order valence-electron chi connectivity index (χ4n) is 4.50. The van der Waals surface area contributed by atoms with Crippen molar-refractivity contribution in [2.45, 2.75) is 17.9 Å². The van der Waals surface area contributed by atoms with Crippen molar-refractivity contribution in [2.24, 2.45) is 5.41 Å². The maximum atomic E-state index is 13.2. The monoisotopic (exact) mass is 404 g/mol. The average molecular weight is 405 g/mol. The molecule has 28 heavy (non-hydrogen) atoms. The molecule has 7 nitrogen and oxygen atoms in total. The highest BCUT2D eigenvalue weighted by molar-refractivity contribution is 7.98. The number of nitrogens with zero attached hydrogens (tertiary/aromatic N) is 4. The van der Waals surface area contributed by atoms with E-state index in [9.17, 15) is 9.59 Å². The molecule has 3 saturated heterocycles. The van der Waals surface area contributed by atoms with Crippen LogP contribution >= 0.6 is 11.8 Å². The summed E-state index contributed by atoms with van der Waals surface area (Å²) in [5, 5.41) is 0.748. The average Bonchev–Trinajstić information content (AvgIpc) is 3.31. The first kappa shape index (κ1) is 19.7. The Hall–Kier alpha value is -1.64. The molecule has 0 bridgehead atoms. The first-order valence-electron chi connectivity index (χ1n) is 10.0. The zero-order valence-electron chi connectivity index (χ0n) is 16.4. The van der Waals surface area contributed by atoms with Crippen molar-refractivity contribution in [1.29, 1.82) is 0 Å². The molecule has 152 valence electrons.